The topological polar surface area (TPSA) is 32.3 Å². The second kappa shape index (κ2) is 5.58. The van der Waals surface area contributed by atoms with Gasteiger partial charge in [-0.1, -0.05) is 36.4 Å². The highest BCUT2D eigenvalue weighted by Gasteiger charge is 2.31. The van der Waals surface area contributed by atoms with E-state index < -0.39 is 0 Å². The summed E-state index contributed by atoms with van der Waals surface area (Å²) in [5.74, 6) is 0.441. The molecule has 3 nitrogen and oxygen atoms in total. The van der Waals surface area contributed by atoms with Gasteiger partial charge in [-0.2, -0.15) is 0 Å². The molecule has 1 fully saturated rings. The fourth-order valence-corrected chi connectivity index (χ4v) is 3.53. The molecule has 0 unspecified atom stereocenters. The minimum Gasteiger partial charge on any atom is -0.316 e. The molecule has 1 atom stereocenters. The summed E-state index contributed by atoms with van der Waals surface area (Å²) in [4.78, 5) is 14.6. The van der Waals surface area contributed by atoms with Gasteiger partial charge in [0.2, 0.25) is 5.91 Å². The minimum atomic E-state index is 0.153. The molecule has 2 aliphatic heterocycles. The van der Waals surface area contributed by atoms with Gasteiger partial charge in [0.15, 0.2) is 0 Å². The lowest BCUT2D eigenvalue weighted by Crippen LogP contribution is -2.35. The van der Waals surface area contributed by atoms with Gasteiger partial charge in [-0.3, -0.25) is 4.79 Å². The van der Waals surface area contributed by atoms with Crippen molar-refractivity contribution in [1.82, 2.24) is 5.32 Å². The van der Waals surface area contributed by atoms with Crippen molar-refractivity contribution in [1.29, 1.82) is 0 Å². The van der Waals surface area contributed by atoms with Crippen LogP contribution in [0, 0.1) is 5.92 Å². The maximum absolute atomic E-state index is 12.7. The maximum Gasteiger partial charge on any atom is 0.231 e. The number of rotatable bonds is 2. The predicted molar refractivity (Wildman–Crippen MR) is 88.9 cm³/mol. The summed E-state index contributed by atoms with van der Waals surface area (Å²) in [7, 11) is 0. The first-order valence-corrected chi connectivity index (χ1v) is 8.03. The van der Waals surface area contributed by atoms with Crippen LogP contribution >= 0.6 is 0 Å². The number of fused-ring (bicyclic) bond motifs is 1. The summed E-state index contributed by atoms with van der Waals surface area (Å²) in [6, 6.07) is 16.9. The van der Waals surface area contributed by atoms with E-state index in [9.17, 15) is 4.79 Å². The third-order valence-electron chi connectivity index (χ3n) is 4.76. The van der Waals surface area contributed by atoms with Crippen LogP contribution in [0.3, 0.4) is 0 Å². The number of hydrogen-bond donors (Lipinski definition) is 1. The van der Waals surface area contributed by atoms with E-state index in [2.05, 4.69) is 47.8 Å². The molecule has 22 heavy (non-hydrogen) atoms. The Balaban J connectivity index is 1.62. The molecule has 0 aromatic heterocycles. The maximum atomic E-state index is 12.7. The summed E-state index contributed by atoms with van der Waals surface area (Å²) in [6.07, 6.45) is 1.93. The van der Waals surface area contributed by atoms with E-state index in [1.807, 2.05) is 11.0 Å². The third-order valence-corrected chi connectivity index (χ3v) is 4.76. The Morgan fingerprint density at radius 3 is 2.73 bits per heavy atom. The molecule has 2 heterocycles. The van der Waals surface area contributed by atoms with Crippen molar-refractivity contribution < 1.29 is 4.79 Å². The summed E-state index contributed by atoms with van der Waals surface area (Å²) >= 11 is 0. The number of carbonyl (C=O) groups is 1. The van der Waals surface area contributed by atoms with E-state index in [0.29, 0.717) is 0 Å². The van der Waals surface area contributed by atoms with Gasteiger partial charge >= 0.3 is 0 Å². The average Bonchev–Trinajstić information content (AvgIpc) is 3.24. The molecule has 3 heteroatoms. The molecule has 112 valence electrons. The fraction of sp³-hybridized carbons (Fsp3) is 0.316. The SMILES string of the molecule is O=C([C@H]1CCNC1)N1CCc2cc(-c3ccccc3)ccc21. The van der Waals surface area contributed by atoms with Gasteiger partial charge in [-0.05, 0) is 48.2 Å². The van der Waals surface area contributed by atoms with E-state index in [1.54, 1.807) is 0 Å². The Morgan fingerprint density at radius 2 is 1.95 bits per heavy atom. The van der Waals surface area contributed by atoms with Crippen molar-refractivity contribution >= 4 is 11.6 Å². The van der Waals surface area contributed by atoms with Crippen molar-refractivity contribution in [2.75, 3.05) is 24.5 Å². The van der Waals surface area contributed by atoms with Gasteiger partial charge in [-0.15, -0.1) is 0 Å². The van der Waals surface area contributed by atoms with Crippen LogP contribution in [0.2, 0.25) is 0 Å². The van der Waals surface area contributed by atoms with Gasteiger partial charge < -0.3 is 10.2 Å². The number of nitrogens with one attached hydrogen (secondary N) is 1. The molecular formula is C19H20N2O. The summed E-state index contributed by atoms with van der Waals surface area (Å²) in [5.41, 5.74) is 4.86. The van der Waals surface area contributed by atoms with E-state index in [0.717, 1.165) is 38.2 Å². The standard InChI is InChI=1S/C19H20N2O/c22-19(17-8-10-20-13-17)21-11-9-16-12-15(6-7-18(16)21)14-4-2-1-3-5-14/h1-7,12,17,20H,8-11,13H2/t17-/m0/s1. The first kappa shape index (κ1) is 13.5. The Labute approximate surface area is 131 Å². The van der Waals surface area contributed by atoms with E-state index in [4.69, 9.17) is 0 Å². The van der Waals surface area contributed by atoms with Crippen molar-refractivity contribution in [3.8, 4) is 11.1 Å². The van der Waals surface area contributed by atoms with Crippen molar-refractivity contribution in [3.63, 3.8) is 0 Å². The normalized spacial score (nSPS) is 20.2. The molecule has 0 spiro atoms. The van der Waals surface area contributed by atoms with Gasteiger partial charge in [0.05, 0.1) is 5.92 Å². The largest absolute Gasteiger partial charge is 0.316 e. The first-order chi connectivity index (χ1) is 10.8. The van der Waals surface area contributed by atoms with Crippen molar-refractivity contribution in [2.24, 2.45) is 5.92 Å². The number of hydrogen-bond acceptors (Lipinski definition) is 2. The summed E-state index contributed by atoms with van der Waals surface area (Å²) in [5, 5.41) is 3.28. The number of anilines is 1. The van der Waals surface area contributed by atoms with Gasteiger partial charge in [0.25, 0.3) is 0 Å². The fourth-order valence-electron chi connectivity index (χ4n) is 3.53. The highest BCUT2D eigenvalue weighted by molar-refractivity contribution is 5.97. The molecule has 0 saturated carbocycles. The van der Waals surface area contributed by atoms with Crippen LogP contribution in [-0.4, -0.2) is 25.5 Å². The van der Waals surface area contributed by atoms with E-state index in [1.165, 1.54) is 16.7 Å². The molecule has 2 aliphatic rings. The zero-order chi connectivity index (χ0) is 14.9. The van der Waals surface area contributed by atoms with Crippen molar-refractivity contribution in [2.45, 2.75) is 12.8 Å². The Kier molecular flexibility index (Phi) is 3.43. The van der Waals surface area contributed by atoms with Crippen LogP contribution in [0.1, 0.15) is 12.0 Å². The molecule has 1 saturated heterocycles. The number of benzene rings is 2. The molecule has 0 bridgehead atoms. The Morgan fingerprint density at radius 1 is 1.09 bits per heavy atom. The molecule has 4 rings (SSSR count). The van der Waals surface area contributed by atoms with Gasteiger partial charge in [0.1, 0.15) is 0 Å². The number of nitrogens with zero attached hydrogens (tertiary/aromatic N) is 1. The lowest BCUT2D eigenvalue weighted by Gasteiger charge is -2.21. The number of amides is 1. The highest BCUT2D eigenvalue weighted by atomic mass is 16.2. The van der Waals surface area contributed by atoms with Crippen molar-refractivity contribution in [3.05, 3.63) is 54.1 Å². The second-order valence-electron chi connectivity index (χ2n) is 6.14. The van der Waals surface area contributed by atoms with Crippen LogP contribution in [0.4, 0.5) is 5.69 Å². The molecule has 1 amide bonds. The first-order valence-electron chi connectivity index (χ1n) is 8.03. The summed E-state index contributed by atoms with van der Waals surface area (Å²) in [6.45, 7) is 2.61. The van der Waals surface area contributed by atoms with Crippen LogP contribution in [0.25, 0.3) is 11.1 Å². The average molecular weight is 292 g/mol. The van der Waals surface area contributed by atoms with Crippen LogP contribution in [0.5, 0.6) is 0 Å². The molecule has 2 aromatic carbocycles. The van der Waals surface area contributed by atoms with E-state index in [-0.39, 0.29) is 11.8 Å². The lowest BCUT2D eigenvalue weighted by atomic mass is 10.0. The third kappa shape index (κ3) is 2.32. The Bertz CT molecular complexity index is 690. The highest BCUT2D eigenvalue weighted by Crippen LogP contribution is 2.33. The number of carbonyl (C=O) groups excluding carboxylic acids is 1. The quantitative estimate of drug-likeness (QED) is 0.923. The molecule has 0 aliphatic carbocycles. The zero-order valence-corrected chi connectivity index (χ0v) is 12.6. The lowest BCUT2D eigenvalue weighted by molar-refractivity contribution is -0.121. The van der Waals surface area contributed by atoms with E-state index >= 15 is 0 Å². The molecular weight excluding hydrogens is 272 g/mol. The van der Waals surface area contributed by atoms with Gasteiger partial charge in [0, 0.05) is 18.8 Å². The van der Waals surface area contributed by atoms with Crippen LogP contribution in [-0.2, 0) is 11.2 Å². The molecule has 0 radical (unpaired) electrons. The predicted octanol–water partition coefficient (Wildman–Crippen LogP) is 2.85. The monoisotopic (exact) mass is 292 g/mol. The minimum absolute atomic E-state index is 0.153. The summed E-state index contributed by atoms with van der Waals surface area (Å²) < 4.78 is 0. The second-order valence-corrected chi connectivity index (χ2v) is 6.14. The van der Waals surface area contributed by atoms with Gasteiger partial charge in [-0.25, -0.2) is 0 Å². The molecule has 2 aromatic rings. The van der Waals surface area contributed by atoms with Crippen LogP contribution < -0.4 is 10.2 Å². The van der Waals surface area contributed by atoms with Crippen LogP contribution in [0.15, 0.2) is 48.5 Å². The Hall–Kier alpha value is -2.13. The molecule has 1 N–H and O–H groups in total. The zero-order valence-electron chi connectivity index (χ0n) is 12.6. The smallest absolute Gasteiger partial charge is 0.231 e.